The predicted octanol–water partition coefficient (Wildman–Crippen LogP) is 0.202. The molecule has 0 aromatic rings. The number of hydrogen-bond donors (Lipinski definition) is 2. The van der Waals surface area contributed by atoms with E-state index in [1.165, 1.54) is 0 Å². The average molecular weight is 214 g/mol. The monoisotopic (exact) mass is 214 g/mol. The highest BCUT2D eigenvalue weighted by molar-refractivity contribution is 5.82. The van der Waals surface area contributed by atoms with E-state index < -0.39 is 5.41 Å². The maximum Gasteiger partial charge on any atom is 0.229 e. The molecule has 0 saturated carbocycles. The molecule has 1 rings (SSSR count). The second-order valence-electron chi connectivity index (χ2n) is 5.03. The molecule has 0 aromatic carbocycles. The largest absolute Gasteiger partial charge is 0.396 e. The summed E-state index contributed by atoms with van der Waals surface area (Å²) in [7, 11) is 0. The molecule has 1 saturated heterocycles. The van der Waals surface area contributed by atoms with E-state index in [0.29, 0.717) is 13.1 Å². The van der Waals surface area contributed by atoms with Gasteiger partial charge in [0.15, 0.2) is 0 Å². The first-order chi connectivity index (χ1) is 7.01. The van der Waals surface area contributed by atoms with Crippen molar-refractivity contribution in [3.63, 3.8) is 0 Å². The van der Waals surface area contributed by atoms with Gasteiger partial charge in [0, 0.05) is 26.2 Å². The third-order valence-corrected chi connectivity index (χ3v) is 3.15. The molecule has 88 valence electrons. The highest BCUT2D eigenvalue weighted by Gasteiger charge is 2.33. The summed E-state index contributed by atoms with van der Waals surface area (Å²) in [5, 5.41) is 9.09. The molecule has 0 radical (unpaired) electrons. The Bertz CT molecular complexity index is 229. The maximum absolute atomic E-state index is 12.1. The number of carbonyl (C=O) groups is 1. The Balaban J connectivity index is 2.60. The van der Waals surface area contributed by atoms with Gasteiger partial charge in [0.2, 0.25) is 5.91 Å². The fraction of sp³-hybridized carbons (Fsp3) is 0.909. The molecule has 1 aliphatic rings. The molecular formula is C11H22N2O2. The number of nitrogens with zero attached hydrogens (tertiary/aromatic N) is 1. The second-order valence-corrected chi connectivity index (χ2v) is 5.03. The van der Waals surface area contributed by atoms with E-state index in [-0.39, 0.29) is 18.4 Å². The quantitative estimate of drug-likeness (QED) is 0.705. The lowest BCUT2D eigenvalue weighted by Crippen LogP contribution is -2.49. The van der Waals surface area contributed by atoms with Crippen molar-refractivity contribution in [2.45, 2.75) is 26.7 Å². The Morgan fingerprint density at radius 1 is 1.60 bits per heavy atom. The van der Waals surface area contributed by atoms with Crippen LogP contribution in [0.2, 0.25) is 0 Å². The van der Waals surface area contributed by atoms with Crippen molar-refractivity contribution >= 4 is 5.91 Å². The first kappa shape index (κ1) is 12.5. The summed E-state index contributed by atoms with van der Waals surface area (Å²) in [6.07, 6.45) is 2.00. The normalized spacial score (nSPS) is 22.9. The lowest BCUT2D eigenvalue weighted by atomic mass is 9.89. The van der Waals surface area contributed by atoms with E-state index >= 15 is 0 Å². The minimum absolute atomic E-state index is 0.114. The van der Waals surface area contributed by atoms with Gasteiger partial charge in [-0.2, -0.15) is 0 Å². The molecule has 1 fully saturated rings. The van der Waals surface area contributed by atoms with E-state index in [0.717, 1.165) is 19.4 Å². The van der Waals surface area contributed by atoms with E-state index in [1.807, 2.05) is 18.7 Å². The number of nitrogens with two attached hydrogens (primary N) is 1. The Hall–Kier alpha value is -0.610. The van der Waals surface area contributed by atoms with Crippen molar-refractivity contribution < 1.29 is 9.90 Å². The Morgan fingerprint density at radius 2 is 2.27 bits per heavy atom. The smallest absolute Gasteiger partial charge is 0.229 e. The SMILES string of the molecule is CC(C)(CN)C(=O)N1CCCC(CO)C1. The number of aliphatic hydroxyl groups excluding tert-OH is 1. The van der Waals surface area contributed by atoms with E-state index in [1.54, 1.807) is 0 Å². The number of piperidine rings is 1. The third kappa shape index (κ3) is 2.92. The molecule has 15 heavy (non-hydrogen) atoms. The van der Waals surface area contributed by atoms with Crippen LogP contribution in [0.15, 0.2) is 0 Å². The molecule has 0 spiro atoms. The first-order valence-corrected chi connectivity index (χ1v) is 5.61. The summed E-state index contributed by atoms with van der Waals surface area (Å²) in [5.74, 6) is 0.361. The summed E-state index contributed by atoms with van der Waals surface area (Å²) in [5.41, 5.74) is 5.11. The molecule has 0 aromatic heterocycles. The molecule has 0 bridgehead atoms. The van der Waals surface area contributed by atoms with Gasteiger partial charge in [-0.05, 0) is 32.6 Å². The molecule has 1 amide bonds. The van der Waals surface area contributed by atoms with Crippen LogP contribution in [0, 0.1) is 11.3 Å². The highest BCUT2D eigenvalue weighted by atomic mass is 16.3. The maximum atomic E-state index is 12.1. The van der Waals surface area contributed by atoms with Crippen LogP contribution in [0.25, 0.3) is 0 Å². The van der Waals surface area contributed by atoms with Crippen molar-refractivity contribution in [3.8, 4) is 0 Å². The number of likely N-dealkylation sites (tertiary alicyclic amines) is 1. The minimum Gasteiger partial charge on any atom is -0.396 e. The second kappa shape index (κ2) is 4.94. The fourth-order valence-corrected chi connectivity index (χ4v) is 1.91. The Morgan fingerprint density at radius 3 is 2.80 bits per heavy atom. The molecule has 1 heterocycles. The molecule has 1 atom stereocenters. The van der Waals surface area contributed by atoms with Crippen LogP contribution in [0.4, 0.5) is 0 Å². The van der Waals surface area contributed by atoms with Gasteiger partial charge >= 0.3 is 0 Å². The molecule has 1 aliphatic heterocycles. The molecule has 4 nitrogen and oxygen atoms in total. The summed E-state index contributed by atoms with van der Waals surface area (Å²) in [6, 6.07) is 0. The average Bonchev–Trinajstić information content (AvgIpc) is 2.28. The molecular weight excluding hydrogens is 192 g/mol. The number of hydrogen-bond acceptors (Lipinski definition) is 3. The zero-order chi connectivity index (χ0) is 11.5. The zero-order valence-corrected chi connectivity index (χ0v) is 9.70. The van der Waals surface area contributed by atoms with Gasteiger partial charge in [0.05, 0.1) is 5.41 Å². The van der Waals surface area contributed by atoms with Gasteiger partial charge in [-0.25, -0.2) is 0 Å². The number of amides is 1. The van der Waals surface area contributed by atoms with Crippen LogP contribution < -0.4 is 5.73 Å². The van der Waals surface area contributed by atoms with Crippen LogP contribution in [0.3, 0.4) is 0 Å². The van der Waals surface area contributed by atoms with Gasteiger partial charge in [-0.1, -0.05) is 0 Å². The number of aliphatic hydroxyl groups is 1. The van der Waals surface area contributed by atoms with Gasteiger partial charge in [-0.15, -0.1) is 0 Å². The van der Waals surface area contributed by atoms with Gasteiger partial charge in [0.25, 0.3) is 0 Å². The molecule has 4 heteroatoms. The lowest BCUT2D eigenvalue weighted by Gasteiger charge is -2.36. The van der Waals surface area contributed by atoms with Crippen molar-refractivity contribution in [2.24, 2.45) is 17.1 Å². The number of carbonyl (C=O) groups excluding carboxylic acids is 1. The molecule has 0 aliphatic carbocycles. The summed E-state index contributed by atoms with van der Waals surface area (Å²) in [6.45, 7) is 5.77. The van der Waals surface area contributed by atoms with Crippen LogP contribution in [0.5, 0.6) is 0 Å². The molecule has 3 N–H and O–H groups in total. The van der Waals surface area contributed by atoms with Crippen LogP contribution in [-0.2, 0) is 4.79 Å². The molecule has 1 unspecified atom stereocenters. The van der Waals surface area contributed by atoms with Crippen molar-refractivity contribution in [1.82, 2.24) is 4.90 Å². The Kier molecular flexibility index (Phi) is 4.11. The zero-order valence-electron chi connectivity index (χ0n) is 9.70. The Labute approximate surface area is 91.4 Å². The van der Waals surface area contributed by atoms with Gasteiger partial charge < -0.3 is 15.7 Å². The van der Waals surface area contributed by atoms with Crippen LogP contribution >= 0.6 is 0 Å². The lowest BCUT2D eigenvalue weighted by molar-refractivity contribution is -0.142. The summed E-state index contributed by atoms with van der Waals surface area (Å²) < 4.78 is 0. The fourth-order valence-electron chi connectivity index (χ4n) is 1.91. The first-order valence-electron chi connectivity index (χ1n) is 5.61. The van der Waals surface area contributed by atoms with Crippen molar-refractivity contribution in [3.05, 3.63) is 0 Å². The summed E-state index contributed by atoms with van der Waals surface area (Å²) >= 11 is 0. The van der Waals surface area contributed by atoms with Gasteiger partial charge in [0.1, 0.15) is 0 Å². The van der Waals surface area contributed by atoms with Crippen molar-refractivity contribution in [1.29, 1.82) is 0 Å². The van der Waals surface area contributed by atoms with E-state index in [2.05, 4.69) is 0 Å². The van der Waals surface area contributed by atoms with Crippen molar-refractivity contribution in [2.75, 3.05) is 26.2 Å². The third-order valence-electron chi connectivity index (χ3n) is 3.15. The topological polar surface area (TPSA) is 66.6 Å². The highest BCUT2D eigenvalue weighted by Crippen LogP contribution is 2.22. The van der Waals surface area contributed by atoms with Crippen LogP contribution in [0.1, 0.15) is 26.7 Å². The predicted molar refractivity (Wildman–Crippen MR) is 59.2 cm³/mol. The summed E-state index contributed by atoms with van der Waals surface area (Å²) in [4.78, 5) is 13.9. The number of rotatable bonds is 3. The van der Waals surface area contributed by atoms with Crippen LogP contribution in [-0.4, -0.2) is 42.2 Å². The van der Waals surface area contributed by atoms with E-state index in [9.17, 15) is 4.79 Å². The minimum atomic E-state index is -0.475. The van der Waals surface area contributed by atoms with E-state index in [4.69, 9.17) is 10.8 Å². The van der Waals surface area contributed by atoms with Gasteiger partial charge in [-0.3, -0.25) is 4.79 Å². The standard InChI is InChI=1S/C11H22N2O2/c1-11(2,8-12)10(15)13-5-3-4-9(6-13)7-14/h9,14H,3-8,12H2,1-2H3.